The number of nitrogen functional groups attached to an aromatic ring is 1. The molecule has 106 valence electrons. The second-order valence-corrected chi connectivity index (χ2v) is 4.34. The van der Waals surface area contributed by atoms with Crippen LogP contribution in [0.1, 0.15) is 5.56 Å². The number of imidazole rings is 1. The van der Waals surface area contributed by atoms with Crippen molar-refractivity contribution in [3.63, 3.8) is 0 Å². The Morgan fingerprint density at radius 2 is 2.24 bits per heavy atom. The van der Waals surface area contributed by atoms with Crippen LogP contribution < -0.4 is 11.1 Å². The maximum absolute atomic E-state index is 10.8. The number of anilines is 2. The summed E-state index contributed by atoms with van der Waals surface area (Å²) >= 11 is 0. The number of nitro benzene ring substituents is 1. The van der Waals surface area contributed by atoms with Crippen LogP contribution in [0.3, 0.4) is 0 Å². The van der Waals surface area contributed by atoms with E-state index in [0.29, 0.717) is 23.7 Å². The molecule has 0 aliphatic heterocycles. The molecule has 0 radical (unpaired) electrons. The van der Waals surface area contributed by atoms with Gasteiger partial charge in [-0.3, -0.25) is 10.1 Å². The van der Waals surface area contributed by atoms with Crippen molar-refractivity contribution in [2.24, 2.45) is 0 Å². The zero-order valence-electron chi connectivity index (χ0n) is 10.8. The summed E-state index contributed by atoms with van der Waals surface area (Å²) in [6.07, 6.45) is 3.15. The van der Waals surface area contributed by atoms with Crippen LogP contribution in [0.15, 0.2) is 30.7 Å². The SMILES string of the molecule is Nc1ccc(CNc2ncc3[nH]cnc3n2)cc1[N+](=O)[O-]. The van der Waals surface area contributed by atoms with Gasteiger partial charge in [-0.15, -0.1) is 0 Å². The monoisotopic (exact) mass is 285 g/mol. The number of benzene rings is 1. The Labute approximate surface area is 118 Å². The van der Waals surface area contributed by atoms with Crippen LogP contribution in [0, 0.1) is 10.1 Å². The largest absolute Gasteiger partial charge is 0.393 e. The summed E-state index contributed by atoms with van der Waals surface area (Å²) in [6.45, 7) is 0.344. The predicted octanol–water partition coefficient (Wildman–Crippen LogP) is 1.46. The number of hydrogen-bond acceptors (Lipinski definition) is 7. The molecule has 9 nitrogen and oxygen atoms in total. The molecular weight excluding hydrogens is 274 g/mol. The smallest absolute Gasteiger partial charge is 0.292 e. The molecule has 3 rings (SSSR count). The van der Waals surface area contributed by atoms with Gasteiger partial charge in [0, 0.05) is 12.6 Å². The van der Waals surface area contributed by atoms with Crippen molar-refractivity contribution in [2.45, 2.75) is 6.54 Å². The van der Waals surface area contributed by atoms with E-state index in [4.69, 9.17) is 5.73 Å². The molecule has 0 unspecified atom stereocenters. The van der Waals surface area contributed by atoms with Gasteiger partial charge < -0.3 is 16.0 Å². The molecule has 0 saturated carbocycles. The first-order valence-electron chi connectivity index (χ1n) is 6.06. The maximum atomic E-state index is 10.8. The van der Waals surface area contributed by atoms with Gasteiger partial charge in [-0.05, 0) is 11.6 Å². The van der Waals surface area contributed by atoms with Crippen molar-refractivity contribution in [3.05, 3.63) is 46.4 Å². The van der Waals surface area contributed by atoms with Crippen molar-refractivity contribution >= 4 is 28.5 Å². The Kier molecular flexibility index (Phi) is 3.07. The van der Waals surface area contributed by atoms with Crippen molar-refractivity contribution in [1.29, 1.82) is 0 Å². The minimum absolute atomic E-state index is 0.113. The highest BCUT2D eigenvalue weighted by molar-refractivity contribution is 5.69. The van der Waals surface area contributed by atoms with Gasteiger partial charge in [-0.2, -0.15) is 4.98 Å². The quantitative estimate of drug-likeness (QED) is 0.375. The van der Waals surface area contributed by atoms with E-state index in [2.05, 4.69) is 25.3 Å². The van der Waals surface area contributed by atoms with Gasteiger partial charge in [0.25, 0.3) is 5.69 Å². The van der Waals surface area contributed by atoms with Gasteiger partial charge in [0.15, 0.2) is 5.65 Å². The highest BCUT2D eigenvalue weighted by Crippen LogP contribution is 2.22. The first-order valence-corrected chi connectivity index (χ1v) is 6.06. The number of aromatic amines is 1. The van der Waals surface area contributed by atoms with E-state index in [1.54, 1.807) is 12.3 Å². The number of fused-ring (bicyclic) bond motifs is 1. The van der Waals surface area contributed by atoms with Crippen LogP contribution in [0.2, 0.25) is 0 Å². The minimum atomic E-state index is -0.509. The molecule has 3 aromatic rings. The van der Waals surface area contributed by atoms with E-state index in [0.717, 1.165) is 5.52 Å². The molecule has 0 atom stereocenters. The van der Waals surface area contributed by atoms with Crippen LogP contribution in [0.4, 0.5) is 17.3 Å². The average Bonchev–Trinajstić information content (AvgIpc) is 2.93. The normalized spacial score (nSPS) is 10.7. The molecule has 21 heavy (non-hydrogen) atoms. The Morgan fingerprint density at radius 1 is 1.38 bits per heavy atom. The molecule has 2 aromatic heterocycles. The predicted molar refractivity (Wildman–Crippen MR) is 76.5 cm³/mol. The lowest BCUT2D eigenvalue weighted by Gasteiger charge is -2.05. The summed E-state index contributed by atoms with van der Waals surface area (Å²) in [4.78, 5) is 25.6. The summed E-state index contributed by atoms with van der Waals surface area (Å²) in [5, 5.41) is 13.8. The summed E-state index contributed by atoms with van der Waals surface area (Å²) in [5.74, 6) is 0.397. The summed E-state index contributed by atoms with van der Waals surface area (Å²) in [7, 11) is 0. The lowest BCUT2D eigenvalue weighted by atomic mass is 10.2. The maximum Gasteiger partial charge on any atom is 0.292 e. The summed E-state index contributed by atoms with van der Waals surface area (Å²) in [5.41, 5.74) is 7.57. The van der Waals surface area contributed by atoms with Crippen LogP contribution in [-0.2, 0) is 6.54 Å². The van der Waals surface area contributed by atoms with E-state index >= 15 is 0 Å². The Bertz CT molecular complexity index is 814. The molecule has 0 spiro atoms. The third-order valence-corrected chi connectivity index (χ3v) is 2.92. The zero-order chi connectivity index (χ0) is 14.8. The number of aromatic nitrogens is 4. The van der Waals surface area contributed by atoms with Crippen molar-refractivity contribution < 1.29 is 4.92 Å². The molecular formula is C12H11N7O2. The molecule has 0 fully saturated rings. The number of H-pyrrole nitrogens is 1. The minimum Gasteiger partial charge on any atom is -0.393 e. The van der Waals surface area contributed by atoms with Crippen LogP contribution in [0.5, 0.6) is 0 Å². The fraction of sp³-hybridized carbons (Fsp3) is 0.0833. The van der Waals surface area contributed by atoms with E-state index in [1.807, 2.05) is 0 Å². The first kappa shape index (κ1) is 12.8. The standard InChI is InChI=1S/C12H11N7O2/c13-8-2-1-7(3-10(8)19(20)21)4-14-12-15-5-9-11(18-12)17-6-16-9/h1-3,5-6H,4,13H2,(H2,14,15,16,17,18). The van der Waals surface area contributed by atoms with E-state index in [-0.39, 0.29) is 11.4 Å². The third-order valence-electron chi connectivity index (χ3n) is 2.92. The fourth-order valence-electron chi connectivity index (χ4n) is 1.86. The fourth-order valence-corrected chi connectivity index (χ4v) is 1.86. The van der Waals surface area contributed by atoms with Crippen LogP contribution in [-0.4, -0.2) is 24.9 Å². The highest BCUT2D eigenvalue weighted by Gasteiger charge is 2.12. The summed E-state index contributed by atoms with van der Waals surface area (Å²) in [6, 6.07) is 4.64. The van der Waals surface area contributed by atoms with Gasteiger partial charge in [-0.1, -0.05) is 6.07 Å². The van der Waals surface area contributed by atoms with Gasteiger partial charge in [0.05, 0.1) is 17.4 Å². The second kappa shape index (κ2) is 5.04. The lowest BCUT2D eigenvalue weighted by molar-refractivity contribution is -0.383. The van der Waals surface area contributed by atoms with Crippen molar-refractivity contribution in [3.8, 4) is 0 Å². The Hall–Kier alpha value is -3.23. The highest BCUT2D eigenvalue weighted by atomic mass is 16.6. The van der Waals surface area contributed by atoms with Gasteiger partial charge in [-0.25, -0.2) is 9.97 Å². The van der Waals surface area contributed by atoms with Crippen molar-refractivity contribution in [2.75, 3.05) is 11.1 Å². The zero-order valence-corrected chi connectivity index (χ0v) is 10.8. The third kappa shape index (κ3) is 2.56. The second-order valence-electron chi connectivity index (χ2n) is 4.34. The molecule has 1 aromatic carbocycles. The number of hydrogen-bond donors (Lipinski definition) is 3. The molecule has 0 saturated heterocycles. The number of nitro groups is 1. The molecule has 4 N–H and O–H groups in total. The topological polar surface area (TPSA) is 136 Å². The molecule has 0 bridgehead atoms. The molecule has 0 amide bonds. The molecule has 0 aliphatic carbocycles. The average molecular weight is 285 g/mol. The summed E-state index contributed by atoms with van der Waals surface area (Å²) < 4.78 is 0. The van der Waals surface area contributed by atoms with Gasteiger partial charge in [0.2, 0.25) is 5.95 Å². The molecule has 0 aliphatic rings. The number of nitrogens with one attached hydrogen (secondary N) is 2. The van der Waals surface area contributed by atoms with Gasteiger partial charge >= 0.3 is 0 Å². The van der Waals surface area contributed by atoms with E-state index in [1.165, 1.54) is 18.5 Å². The molecule has 2 heterocycles. The molecule has 9 heteroatoms. The number of nitrogens with zero attached hydrogens (tertiary/aromatic N) is 4. The van der Waals surface area contributed by atoms with Crippen LogP contribution >= 0.6 is 0 Å². The van der Waals surface area contributed by atoms with Crippen molar-refractivity contribution in [1.82, 2.24) is 19.9 Å². The number of nitrogens with two attached hydrogens (primary N) is 1. The van der Waals surface area contributed by atoms with E-state index < -0.39 is 4.92 Å². The van der Waals surface area contributed by atoms with Gasteiger partial charge in [0.1, 0.15) is 11.2 Å². The first-order chi connectivity index (χ1) is 10.1. The van der Waals surface area contributed by atoms with E-state index in [9.17, 15) is 10.1 Å². The lowest BCUT2D eigenvalue weighted by Crippen LogP contribution is -2.04. The van der Waals surface area contributed by atoms with Crippen LogP contribution in [0.25, 0.3) is 11.2 Å². The Balaban J connectivity index is 1.77. The number of rotatable bonds is 4. The Morgan fingerprint density at radius 3 is 3.05 bits per heavy atom.